The minimum absolute atomic E-state index is 0.0574. The minimum Gasteiger partial charge on any atom is -0.360 e. The highest BCUT2D eigenvalue weighted by atomic mass is 19.4. The molecule has 134 valence electrons. The van der Waals surface area contributed by atoms with Crippen molar-refractivity contribution in [1.82, 2.24) is 5.16 Å². The molecule has 0 radical (unpaired) electrons. The number of hydrogen-bond donors (Lipinski definition) is 2. The maximum atomic E-state index is 12.7. The van der Waals surface area contributed by atoms with Gasteiger partial charge >= 0.3 is 6.18 Å². The number of amides is 2. The first-order chi connectivity index (χ1) is 11.5. The number of anilines is 2. The van der Waals surface area contributed by atoms with Crippen molar-refractivity contribution in [3.8, 4) is 0 Å². The Hall–Kier alpha value is -2.84. The van der Waals surface area contributed by atoms with Crippen LogP contribution < -0.4 is 10.6 Å². The lowest BCUT2D eigenvalue weighted by Crippen LogP contribution is -2.41. The van der Waals surface area contributed by atoms with E-state index in [9.17, 15) is 22.8 Å². The van der Waals surface area contributed by atoms with E-state index >= 15 is 0 Å². The van der Waals surface area contributed by atoms with Crippen LogP contribution in [0.2, 0.25) is 0 Å². The fourth-order valence-electron chi connectivity index (χ4n) is 1.86. The summed E-state index contributed by atoms with van der Waals surface area (Å²) in [5.41, 5.74) is -2.51. The molecular formula is C16H16F3N3O3. The first-order valence-electron chi connectivity index (χ1n) is 7.23. The lowest BCUT2D eigenvalue weighted by Gasteiger charge is -2.22. The molecule has 0 bridgehead atoms. The van der Waals surface area contributed by atoms with Crippen molar-refractivity contribution in [2.45, 2.75) is 26.9 Å². The Bertz CT molecular complexity index is 797. The van der Waals surface area contributed by atoms with Crippen LogP contribution >= 0.6 is 0 Å². The van der Waals surface area contributed by atoms with Crippen LogP contribution in [0.25, 0.3) is 0 Å². The van der Waals surface area contributed by atoms with Gasteiger partial charge in [0.2, 0.25) is 11.8 Å². The Balaban J connectivity index is 2.11. The molecule has 1 heterocycles. The standard InChI is InChI=1S/C16H16F3N3O3/c1-9-7-12(22-25-9)21-14(24)15(2,3)13(23)20-11-6-4-5-10(8-11)16(17,18)19/h4-8H,1-3H3,(H,20,23)(H,21,22,24). The Morgan fingerprint density at radius 2 is 1.72 bits per heavy atom. The van der Waals surface area contributed by atoms with E-state index in [2.05, 4.69) is 15.8 Å². The highest BCUT2D eigenvalue weighted by Crippen LogP contribution is 2.31. The summed E-state index contributed by atoms with van der Waals surface area (Å²) in [4.78, 5) is 24.6. The lowest BCUT2D eigenvalue weighted by molar-refractivity contribution is -0.138. The minimum atomic E-state index is -4.53. The third-order valence-electron chi connectivity index (χ3n) is 3.45. The van der Waals surface area contributed by atoms with Crippen molar-refractivity contribution in [3.05, 3.63) is 41.7 Å². The third kappa shape index (κ3) is 4.37. The van der Waals surface area contributed by atoms with E-state index in [4.69, 9.17) is 4.52 Å². The van der Waals surface area contributed by atoms with Crippen LogP contribution in [0.4, 0.5) is 24.7 Å². The molecule has 0 aliphatic carbocycles. The van der Waals surface area contributed by atoms with Gasteiger partial charge in [-0.3, -0.25) is 9.59 Å². The van der Waals surface area contributed by atoms with Crippen molar-refractivity contribution in [1.29, 1.82) is 0 Å². The van der Waals surface area contributed by atoms with Crippen LogP contribution in [0.15, 0.2) is 34.9 Å². The number of nitrogens with one attached hydrogen (secondary N) is 2. The Kier molecular flexibility index (Phi) is 4.87. The molecular weight excluding hydrogens is 339 g/mol. The van der Waals surface area contributed by atoms with Gasteiger partial charge < -0.3 is 15.2 Å². The molecule has 2 rings (SSSR count). The van der Waals surface area contributed by atoms with E-state index in [1.165, 1.54) is 32.0 Å². The molecule has 0 atom stereocenters. The van der Waals surface area contributed by atoms with Gasteiger partial charge in [0.15, 0.2) is 5.82 Å². The van der Waals surface area contributed by atoms with E-state index in [0.29, 0.717) is 5.76 Å². The number of carbonyl (C=O) groups excluding carboxylic acids is 2. The molecule has 2 N–H and O–H groups in total. The van der Waals surface area contributed by atoms with E-state index < -0.39 is 29.0 Å². The number of alkyl halides is 3. The van der Waals surface area contributed by atoms with Gasteiger partial charge in [-0.15, -0.1) is 0 Å². The fourth-order valence-corrected chi connectivity index (χ4v) is 1.86. The first kappa shape index (κ1) is 18.5. The predicted octanol–water partition coefficient (Wildman–Crippen LogP) is 3.61. The van der Waals surface area contributed by atoms with Gasteiger partial charge in [0.25, 0.3) is 0 Å². The van der Waals surface area contributed by atoms with Gasteiger partial charge in [-0.05, 0) is 39.0 Å². The number of aromatic nitrogens is 1. The smallest absolute Gasteiger partial charge is 0.360 e. The normalized spacial score (nSPS) is 11.9. The number of benzene rings is 1. The maximum Gasteiger partial charge on any atom is 0.416 e. The third-order valence-corrected chi connectivity index (χ3v) is 3.45. The van der Waals surface area contributed by atoms with Crippen LogP contribution in [-0.4, -0.2) is 17.0 Å². The Morgan fingerprint density at radius 1 is 1.08 bits per heavy atom. The number of hydrogen-bond acceptors (Lipinski definition) is 4. The van der Waals surface area contributed by atoms with Crippen LogP contribution in [0.5, 0.6) is 0 Å². The molecule has 0 fully saturated rings. The molecule has 1 aromatic carbocycles. The van der Waals surface area contributed by atoms with Gasteiger partial charge in [-0.2, -0.15) is 13.2 Å². The lowest BCUT2D eigenvalue weighted by atomic mass is 9.91. The Labute approximate surface area is 141 Å². The van der Waals surface area contributed by atoms with E-state index in [1.54, 1.807) is 6.92 Å². The van der Waals surface area contributed by atoms with Crippen LogP contribution in [0.3, 0.4) is 0 Å². The molecule has 25 heavy (non-hydrogen) atoms. The molecule has 0 saturated carbocycles. The van der Waals surface area contributed by atoms with Crippen molar-refractivity contribution in [3.63, 3.8) is 0 Å². The average molecular weight is 355 g/mol. The quantitative estimate of drug-likeness (QED) is 0.821. The zero-order chi connectivity index (χ0) is 18.8. The molecule has 6 nitrogen and oxygen atoms in total. The summed E-state index contributed by atoms with van der Waals surface area (Å²) >= 11 is 0. The molecule has 0 aliphatic heterocycles. The molecule has 0 aliphatic rings. The fraction of sp³-hybridized carbons (Fsp3) is 0.312. The summed E-state index contributed by atoms with van der Waals surface area (Å²) in [7, 11) is 0. The molecule has 1 aromatic heterocycles. The largest absolute Gasteiger partial charge is 0.416 e. The summed E-state index contributed by atoms with van der Waals surface area (Å²) in [5.74, 6) is -0.821. The first-order valence-corrected chi connectivity index (χ1v) is 7.23. The molecule has 0 saturated heterocycles. The van der Waals surface area contributed by atoms with E-state index in [1.807, 2.05) is 0 Å². The van der Waals surface area contributed by atoms with Gasteiger partial charge in [0.05, 0.1) is 5.56 Å². The van der Waals surface area contributed by atoms with Crippen molar-refractivity contribution in [2.75, 3.05) is 10.6 Å². The summed E-state index contributed by atoms with van der Waals surface area (Å²) in [6.07, 6.45) is -4.53. The SMILES string of the molecule is Cc1cc(NC(=O)C(C)(C)C(=O)Nc2cccc(C(F)(F)F)c2)no1. The zero-order valence-electron chi connectivity index (χ0n) is 13.7. The van der Waals surface area contributed by atoms with Crippen molar-refractivity contribution >= 4 is 23.3 Å². The zero-order valence-corrected chi connectivity index (χ0v) is 13.7. The van der Waals surface area contributed by atoms with Gasteiger partial charge in [-0.25, -0.2) is 0 Å². The average Bonchev–Trinajstić information content (AvgIpc) is 2.91. The highest BCUT2D eigenvalue weighted by Gasteiger charge is 2.37. The number of halogens is 3. The molecule has 2 aromatic rings. The monoisotopic (exact) mass is 355 g/mol. The predicted molar refractivity (Wildman–Crippen MR) is 83.7 cm³/mol. The number of rotatable bonds is 4. The molecule has 0 unspecified atom stereocenters. The van der Waals surface area contributed by atoms with E-state index in [-0.39, 0.29) is 11.5 Å². The van der Waals surface area contributed by atoms with Gasteiger partial charge in [0.1, 0.15) is 11.2 Å². The van der Waals surface area contributed by atoms with Crippen molar-refractivity contribution in [2.24, 2.45) is 5.41 Å². The molecule has 0 spiro atoms. The second-order valence-corrected chi connectivity index (χ2v) is 5.93. The number of nitrogens with zero attached hydrogens (tertiary/aromatic N) is 1. The molecule has 9 heteroatoms. The number of aryl methyl sites for hydroxylation is 1. The number of carbonyl (C=O) groups is 2. The van der Waals surface area contributed by atoms with Gasteiger partial charge in [0, 0.05) is 11.8 Å². The van der Waals surface area contributed by atoms with E-state index in [0.717, 1.165) is 12.1 Å². The van der Waals surface area contributed by atoms with Crippen LogP contribution in [0, 0.1) is 12.3 Å². The topological polar surface area (TPSA) is 84.2 Å². The van der Waals surface area contributed by atoms with Crippen LogP contribution in [0.1, 0.15) is 25.2 Å². The summed E-state index contributed by atoms with van der Waals surface area (Å²) in [6.45, 7) is 4.32. The summed E-state index contributed by atoms with van der Waals surface area (Å²) in [6, 6.07) is 5.64. The van der Waals surface area contributed by atoms with Crippen molar-refractivity contribution < 1.29 is 27.3 Å². The van der Waals surface area contributed by atoms with Gasteiger partial charge in [-0.1, -0.05) is 11.2 Å². The highest BCUT2D eigenvalue weighted by molar-refractivity contribution is 6.13. The Morgan fingerprint density at radius 3 is 2.28 bits per heavy atom. The second kappa shape index (κ2) is 6.58. The second-order valence-electron chi connectivity index (χ2n) is 5.93. The van der Waals surface area contributed by atoms with Crippen LogP contribution in [-0.2, 0) is 15.8 Å². The maximum absolute atomic E-state index is 12.7. The summed E-state index contributed by atoms with van der Waals surface area (Å²) < 4.78 is 43.0. The molecule has 2 amide bonds. The summed E-state index contributed by atoms with van der Waals surface area (Å²) in [5, 5.41) is 8.33.